The molecule has 0 saturated carbocycles. The Hall–Kier alpha value is -3.30. The predicted molar refractivity (Wildman–Crippen MR) is 93.8 cm³/mol. The van der Waals surface area contributed by atoms with Crippen molar-refractivity contribution in [2.24, 2.45) is 0 Å². The number of hydrogen-bond donors (Lipinski definition) is 0. The monoisotopic (exact) mass is 368 g/mol. The molecule has 1 aliphatic rings. The second kappa shape index (κ2) is 7.52. The SMILES string of the molecule is CCn1nccc1C(=O)N1CCC(n2cc(COc3cnccn3)nn2)C1. The zero-order chi connectivity index (χ0) is 18.6. The highest BCUT2D eigenvalue weighted by molar-refractivity contribution is 5.92. The standard InChI is InChI=1S/C17H20N8O2/c1-2-24-15(3-5-20-24)17(26)23-8-4-14(11-23)25-10-13(21-22-25)12-27-16-9-18-6-7-19-16/h3,5-7,9-10,14H,2,4,8,11-12H2,1H3. The maximum atomic E-state index is 12.7. The number of nitrogens with zero attached hydrogens (tertiary/aromatic N) is 8. The Morgan fingerprint density at radius 3 is 3.07 bits per heavy atom. The number of hydrogen-bond acceptors (Lipinski definition) is 7. The summed E-state index contributed by atoms with van der Waals surface area (Å²) in [5.74, 6) is 0.445. The van der Waals surface area contributed by atoms with Crippen LogP contribution in [0, 0.1) is 0 Å². The van der Waals surface area contributed by atoms with Gasteiger partial charge in [0.1, 0.15) is 18.0 Å². The van der Waals surface area contributed by atoms with Crippen LogP contribution < -0.4 is 4.74 Å². The summed E-state index contributed by atoms with van der Waals surface area (Å²) < 4.78 is 9.06. The molecule has 3 aromatic rings. The lowest BCUT2D eigenvalue weighted by Crippen LogP contribution is -2.31. The van der Waals surface area contributed by atoms with E-state index in [1.807, 2.05) is 18.0 Å². The molecule has 0 aliphatic carbocycles. The summed E-state index contributed by atoms with van der Waals surface area (Å²) in [6.07, 6.45) is 9.05. The van der Waals surface area contributed by atoms with Gasteiger partial charge in [-0.15, -0.1) is 5.10 Å². The van der Waals surface area contributed by atoms with E-state index in [0.717, 1.165) is 6.42 Å². The van der Waals surface area contributed by atoms with E-state index in [-0.39, 0.29) is 18.6 Å². The van der Waals surface area contributed by atoms with E-state index in [1.54, 1.807) is 40.2 Å². The molecule has 10 heteroatoms. The molecule has 0 N–H and O–H groups in total. The quantitative estimate of drug-likeness (QED) is 0.638. The Kier molecular flexibility index (Phi) is 4.77. The van der Waals surface area contributed by atoms with Crippen molar-refractivity contribution in [2.45, 2.75) is 32.5 Å². The van der Waals surface area contributed by atoms with Crippen molar-refractivity contribution in [1.82, 2.24) is 39.6 Å². The van der Waals surface area contributed by atoms with Crippen molar-refractivity contribution < 1.29 is 9.53 Å². The highest BCUT2D eigenvalue weighted by Crippen LogP contribution is 2.22. The van der Waals surface area contributed by atoms with E-state index in [2.05, 4.69) is 25.4 Å². The predicted octanol–water partition coefficient (Wildman–Crippen LogP) is 0.951. The Morgan fingerprint density at radius 2 is 2.26 bits per heavy atom. The minimum absolute atomic E-state index is 0.00294. The second-order valence-corrected chi connectivity index (χ2v) is 6.25. The molecule has 4 heterocycles. The average Bonchev–Trinajstić information content (AvgIpc) is 3.46. The van der Waals surface area contributed by atoms with Crippen LogP contribution in [0.1, 0.15) is 35.6 Å². The number of carbonyl (C=O) groups excluding carboxylic acids is 1. The zero-order valence-corrected chi connectivity index (χ0v) is 15.0. The van der Waals surface area contributed by atoms with E-state index in [0.29, 0.717) is 36.9 Å². The third-order valence-electron chi connectivity index (χ3n) is 4.53. The van der Waals surface area contributed by atoms with Crippen LogP contribution in [-0.4, -0.2) is 58.6 Å². The van der Waals surface area contributed by atoms with Crippen molar-refractivity contribution >= 4 is 5.91 Å². The van der Waals surface area contributed by atoms with E-state index >= 15 is 0 Å². The van der Waals surface area contributed by atoms with Crippen molar-refractivity contribution in [2.75, 3.05) is 13.1 Å². The molecule has 1 unspecified atom stereocenters. The van der Waals surface area contributed by atoms with Crippen LogP contribution in [0.15, 0.2) is 37.1 Å². The number of aryl methyl sites for hydroxylation is 1. The molecule has 1 fully saturated rings. The van der Waals surface area contributed by atoms with Crippen LogP contribution in [0.25, 0.3) is 0 Å². The zero-order valence-electron chi connectivity index (χ0n) is 15.0. The minimum atomic E-state index is 0.00294. The summed E-state index contributed by atoms with van der Waals surface area (Å²) in [6.45, 7) is 4.19. The van der Waals surface area contributed by atoms with E-state index in [1.165, 1.54) is 0 Å². The summed E-state index contributed by atoms with van der Waals surface area (Å²) in [5, 5.41) is 12.5. The largest absolute Gasteiger partial charge is 0.470 e. The van der Waals surface area contributed by atoms with E-state index < -0.39 is 0 Å². The summed E-state index contributed by atoms with van der Waals surface area (Å²) in [5.41, 5.74) is 1.32. The summed E-state index contributed by atoms with van der Waals surface area (Å²) >= 11 is 0. The first-order chi connectivity index (χ1) is 13.2. The normalized spacial score (nSPS) is 16.6. The molecular formula is C17H20N8O2. The van der Waals surface area contributed by atoms with Gasteiger partial charge < -0.3 is 9.64 Å². The molecule has 3 aromatic heterocycles. The van der Waals surface area contributed by atoms with Crippen LogP contribution in [0.5, 0.6) is 5.88 Å². The third-order valence-corrected chi connectivity index (χ3v) is 4.53. The second-order valence-electron chi connectivity index (χ2n) is 6.25. The summed E-state index contributed by atoms with van der Waals surface area (Å²) in [6, 6.07) is 1.86. The molecule has 0 radical (unpaired) electrons. The lowest BCUT2D eigenvalue weighted by Gasteiger charge is -2.16. The lowest BCUT2D eigenvalue weighted by molar-refractivity contribution is 0.0774. The fourth-order valence-electron chi connectivity index (χ4n) is 3.14. The average molecular weight is 368 g/mol. The van der Waals surface area contributed by atoms with Gasteiger partial charge in [0, 0.05) is 38.2 Å². The van der Waals surface area contributed by atoms with Gasteiger partial charge in [-0.3, -0.25) is 14.5 Å². The molecular weight excluding hydrogens is 348 g/mol. The van der Waals surface area contributed by atoms with Gasteiger partial charge in [0.2, 0.25) is 5.88 Å². The van der Waals surface area contributed by atoms with Crippen molar-refractivity contribution in [3.63, 3.8) is 0 Å². The number of likely N-dealkylation sites (tertiary alicyclic amines) is 1. The van der Waals surface area contributed by atoms with Crippen molar-refractivity contribution in [1.29, 1.82) is 0 Å². The number of ether oxygens (including phenoxy) is 1. The molecule has 0 bridgehead atoms. The smallest absolute Gasteiger partial charge is 0.272 e. The van der Waals surface area contributed by atoms with Crippen LogP contribution >= 0.6 is 0 Å². The van der Waals surface area contributed by atoms with Crippen LogP contribution in [0.4, 0.5) is 0 Å². The van der Waals surface area contributed by atoms with Crippen molar-refractivity contribution in [3.8, 4) is 5.88 Å². The topological polar surface area (TPSA) is 104 Å². The molecule has 0 spiro atoms. The van der Waals surface area contributed by atoms with E-state index in [9.17, 15) is 4.79 Å². The molecule has 1 aliphatic heterocycles. The van der Waals surface area contributed by atoms with Gasteiger partial charge >= 0.3 is 0 Å². The minimum Gasteiger partial charge on any atom is -0.470 e. The number of rotatable bonds is 6. The van der Waals surface area contributed by atoms with Gasteiger partial charge in [-0.25, -0.2) is 9.67 Å². The fraction of sp³-hybridized carbons (Fsp3) is 0.412. The first-order valence-corrected chi connectivity index (χ1v) is 8.85. The van der Waals surface area contributed by atoms with Crippen LogP contribution in [0.3, 0.4) is 0 Å². The molecule has 140 valence electrons. The van der Waals surface area contributed by atoms with E-state index in [4.69, 9.17) is 4.74 Å². The Bertz CT molecular complexity index is 907. The molecule has 0 aromatic carbocycles. The molecule has 10 nitrogen and oxygen atoms in total. The molecule has 4 rings (SSSR count). The van der Waals surface area contributed by atoms with Gasteiger partial charge in [0.15, 0.2) is 0 Å². The highest BCUT2D eigenvalue weighted by atomic mass is 16.5. The molecule has 1 amide bonds. The van der Waals surface area contributed by atoms with Gasteiger partial charge in [0.05, 0.1) is 18.4 Å². The van der Waals surface area contributed by atoms with Gasteiger partial charge in [-0.05, 0) is 19.4 Å². The molecule has 1 saturated heterocycles. The maximum absolute atomic E-state index is 12.7. The first-order valence-electron chi connectivity index (χ1n) is 8.85. The highest BCUT2D eigenvalue weighted by Gasteiger charge is 2.30. The number of carbonyl (C=O) groups is 1. The third kappa shape index (κ3) is 3.64. The first kappa shape index (κ1) is 17.1. The van der Waals surface area contributed by atoms with Gasteiger partial charge in [-0.1, -0.05) is 5.21 Å². The fourth-order valence-corrected chi connectivity index (χ4v) is 3.14. The van der Waals surface area contributed by atoms with Gasteiger partial charge in [-0.2, -0.15) is 5.10 Å². The summed E-state index contributed by atoms with van der Waals surface area (Å²) in [7, 11) is 0. The van der Waals surface area contributed by atoms with Crippen molar-refractivity contribution in [3.05, 3.63) is 48.4 Å². The maximum Gasteiger partial charge on any atom is 0.272 e. The number of aromatic nitrogens is 7. The molecule has 1 atom stereocenters. The lowest BCUT2D eigenvalue weighted by atomic mass is 10.3. The Morgan fingerprint density at radius 1 is 1.33 bits per heavy atom. The molecule has 27 heavy (non-hydrogen) atoms. The summed E-state index contributed by atoms with van der Waals surface area (Å²) in [4.78, 5) is 22.6. The van der Waals surface area contributed by atoms with Crippen LogP contribution in [0.2, 0.25) is 0 Å². The van der Waals surface area contributed by atoms with Crippen LogP contribution in [-0.2, 0) is 13.2 Å². The Labute approximate surface area is 155 Å². The Balaban J connectivity index is 1.36. The number of amides is 1. The van der Waals surface area contributed by atoms with Gasteiger partial charge in [0.25, 0.3) is 5.91 Å².